The van der Waals surface area contributed by atoms with Gasteiger partial charge >= 0.3 is 0 Å². The molecule has 0 spiro atoms. The van der Waals surface area contributed by atoms with Crippen LogP contribution in [0.4, 0.5) is 8.78 Å². The Morgan fingerprint density at radius 3 is 1.45 bits per heavy atom. The first kappa shape index (κ1) is 43.2. The van der Waals surface area contributed by atoms with Crippen LogP contribution in [0.2, 0.25) is 0 Å². The van der Waals surface area contributed by atoms with Crippen LogP contribution >= 0.6 is 0 Å². The number of benzene rings is 4. The Labute approximate surface area is 320 Å². The highest BCUT2D eigenvalue weighted by Gasteiger charge is 2.24. The van der Waals surface area contributed by atoms with Crippen molar-refractivity contribution >= 4 is 23.7 Å². The lowest BCUT2D eigenvalue weighted by molar-refractivity contribution is 0.0501. The van der Waals surface area contributed by atoms with E-state index in [0.717, 1.165) is 11.1 Å². The number of carbonyl (C=O) groups excluding carboxylic acids is 2. The number of hydrogen-bond donors (Lipinski definition) is 3. The van der Waals surface area contributed by atoms with Crippen LogP contribution in [0.3, 0.4) is 0 Å². The van der Waals surface area contributed by atoms with Crippen LogP contribution in [0.1, 0.15) is 70.7 Å². The van der Waals surface area contributed by atoms with E-state index in [2.05, 4.69) is 0 Å². The quantitative estimate of drug-likeness (QED) is 0.0470. The zero-order valence-electron chi connectivity index (χ0n) is 31.9. The van der Waals surface area contributed by atoms with E-state index >= 15 is 0 Å². The van der Waals surface area contributed by atoms with E-state index in [1.165, 1.54) is 82.0 Å². The molecule has 0 fully saturated rings. The predicted octanol–water partition coefficient (Wildman–Crippen LogP) is 9.58. The molecule has 290 valence electrons. The second-order valence-electron chi connectivity index (χ2n) is 12.6. The third-order valence-corrected chi connectivity index (χ3v) is 7.96. The van der Waals surface area contributed by atoms with Crippen LogP contribution < -0.4 is 14.2 Å². The van der Waals surface area contributed by atoms with Crippen LogP contribution in [-0.4, -0.2) is 55.0 Å². The molecule has 4 aromatic rings. The first-order chi connectivity index (χ1) is 26.2. The molecule has 0 unspecified atom stereocenters. The van der Waals surface area contributed by atoms with Crippen molar-refractivity contribution in [2.75, 3.05) is 28.1 Å². The smallest absolute Gasteiger partial charge is 0.193 e. The largest absolute Gasteiger partial charge is 0.507 e. The van der Waals surface area contributed by atoms with Gasteiger partial charge in [-0.2, -0.15) is 0 Å². The number of rotatable bonds is 15. The number of carbonyl (C=O) groups is 2. The Morgan fingerprint density at radius 2 is 1.04 bits per heavy atom. The minimum atomic E-state index is -0.484. The summed E-state index contributed by atoms with van der Waals surface area (Å²) in [6.07, 6.45) is 10.1. The average Bonchev–Trinajstić information content (AvgIpc) is 3.15. The van der Waals surface area contributed by atoms with Crippen LogP contribution in [0, 0.1) is 11.6 Å². The molecule has 3 N–H and O–H groups in total. The molecular weight excluding hydrogens is 710 g/mol. The number of halogens is 2. The summed E-state index contributed by atoms with van der Waals surface area (Å²) in [7, 11) is 4.25. The number of methoxy groups -OCH3 is 3. The van der Waals surface area contributed by atoms with Gasteiger partial charge in [0.1, 0.15) is 57.3 Å². The van der Waals surface area contributed by atoms with Crippen molar-refractivity contribution < 1.29 is 52.6 Å². The summed E-state index contributed by atoms with van der Waals surface area (Å²) in [5, 5.41) is 31.5. The molecule has 4 aromatic carbocycles. The Balaban J connectivity index is 0.000000297. The van der Waals surface area contributed by atoms with E-state index in [-0.39, 0.29) is 70.3 Å². The van der Waals surface area contributed by atoms with Gasteiger partial charge in [-0.25, -0.2) is 8.78 Å². The highest BCUT2D eigenvalue weighted by atomic mass is 19.1. The number of aromatic hydroxyl groups is 3. The molecule has 4 rings (SSSR count). The lowest BCUT2D eigenvalue weighted by Gasteiger charge is -2.17. The summed E-state index contributed by atoms with van der Waals surface area (Å²) in [5.74, 6) is -1.68. The van der Waals surface area contributed by atoms with E-state index in [0.29, 0.717) is 28.9 Å². The maximum Gasteiger partial charge on any atom is 0.193 e. The molecule has 55 heavy (non-hydrogen) atoms. The van der Waals surface area contributed by atoms with Gasteiger partial charge in [0.05, 0.1) is 14.2 Å². The summed E-state index contributed by atoms with van der Waals surface area (Å²) in [6.45, 7) is 7.66. The fourth-order valence-electron chi connectivity index (χ4n) is 5.05. The SMILES string of the molecule is COCOc1cc(OC)c(C(=O)/C=C/c2ccc(F)cc2)c(O)c1CC=C(C)C.COc1cc(O)c(CC=C(C)C)c(O)c1C(=O)/C=C/c1ccc(F)cc1. The first-order valence-electron chi connectivity index (χ1n) is 17.1. The van der Waals surface area contributed by atoms with Crippen molar-refractivity contribution in [1.82, 2.24) is 0 Å². The molecule has 0 aliphatic rings. The number of ether oxygens (including phenoxy) is 4. The monoisotopic (exact) mass is 756 g/mol. The Kier molecular flexibility index (Phi) is 16.4. The first-order valence-corrected chi connectivity index (χ1v) is 17.1. The minimum absolute atomic E-state index is 0.0117. The minimum Gasteiger partial charge on any atom is -0.507 e. The average molecular weight is 757 g/mol. The highest BCUT2D eigenvalue weighted by Crippen LogP contribution is 2.41. The molecule has 0 radical (unpaired) electrons. The van der Waals surface area contributed by atoms with Crippen LogP contribution in [0.5, 0.6) is 34.5 Å². The van der Waals surface area contributed by atoms with E-state index in [9.17, 15) is 33.7 Å². The van der Waals surface area contributed by atoms with Gasteiger partial charge in [0, 0.05) is 30.4 Å². The predicted molar refractivity (Wildman–Crippen MR) is 209 cm³/mol. The van der Waals surface area contributed by atoms with Crippen LogP contribution in [0.25, 0.3) is 12.2 Å². The topological polar surface area (TPSA) is 132 Å². The van der Waals surface area contributed by atoms with Gasteiger partial charge in [-0.1, -0.05) is 59.7 Å². The summed E-state index contributed by atoms with van der Waals surface area (Å²) < 4.78 is 46.9. The zero-order valence-corrected chi connectivity index (χ0v) is 31.9. The van der Waals surface area contributed by atoms with Gasteiger partial charge in [-0.05, 0) is 88.1 Å². The maximum absolute atomic E-state index is 13.0. The molecule has 0 aliphatic carbocycles. The van der Waals surface area contributed by atoms with E-state index in [4.69, 9.17) is 18.9 Å². The van der Waals surface area contributed by atoms with Crippen molar-refractivity contribution in [3.8, 4) is 34.5 Å². The normalized spacial score (nSPS) is 10.8. The second-order valence-corrected chi connectivity index (χ2v) is 12.6. The van der Waals surface area contributed by atoms with Crippen LogP contribution in [0.15, 0.2) is 96.1 Å². The molecule has 9 nitrogen and oxygen atoms in total. The summed E-state index contributed by atoms with van der Waals surface area (Å²) in [4.78, 5) is 25.4. The lowest BCUT2D eigenvalue weighted by Crippen LogP contribution is -2.07. The molecule has 0 heterocycles. The molecule has 0 saturated carbocycles. The molecule has 0 atom stereocenters. The summed E-state index contributed by atoms with van der Waals surface area (Å²) in [5.41, 5.74) is 4.09. The Hall–Kier alpha value is -6.20. The summed E-state index contributed by atoms with van der Waals surface area (Å²) >= 11 is 0. The van der Waals surface area contributed by atoms with Crippen LogP contribution in [-0.2, 0) is 17.6 Å². The van der Waals surface area contributed by atoms with Crippen molar-refractivity contribution in [3.63, 3.8) is 0 Å². The molecule has 0 saturated heterocycles. The van der Waals surface area contributed by atoms with E-state index < -0.39 is 11.6 Å². The van der Waals surface area contributed by atoms with Gasteiger partial charge < -0.3 is 34.3 Å². The third-order valence-electron chi connectivity index (χ3n) is 7.96. The third kappa shape index (κ3) is 12.4. The molecule has 0 aromatic heterocycles. The summed E-state index contributed by atoms with van der Waals surface area (Å²) in [6, 6.07) is 14.2. The van der Waals surface area contributed by atoms with Gasteiger partial charge in [0.2, 0.25) is 0 Å². The van der Waals surface area contributed by atoms with Crippen molar-refractivity contribution in [3.05, 3.63) is 141 Å². The molecule has 0 aliphatic heterocycles. The molecular formula is C44H46F2O9. The fourth-order valence-corrected chi connectivity index (χ4v) is 5.05. The molecule has 11 heteroatoms. The number of ketones is 2. The highest BCUT2D eigenvalue weighted by molar-refractivity contribution is 6.11. The number of allylic oxidation sites excluding steroid dienone is 6. The van der Waals surface area contributed by atoms with Gasteiger partial charge in [-0.15, -0.1) is 0 Å². The maximum atomic E-state index is 13.0. The number of phenols is 3. The van der Waals surface area contributed by atoms with E-state index in [1.807, 2.05) is 39.8 Å². The van der Waals surface area contributed by atoms with Crippen molar-refractivity contribution in [2.45, 2.75) is 40.5 Å². The Bertz CT molecular complexity index is 2070. The zero-order chi connectivity index (χ0) is 40.7. The molecule has 0 amide bonds. The Morgan fingerprint density at radius 1 is 0.618 bits per heavy atom. The van der Waals surface area contributed by atoms with Crippen molar-refractivity contribution in [1.29, 1.82) is 0 Å². The lowest BCUT2D eigenvalue weighted by atomic mass is 9.99. The standard InChI is InChI=1S/C23H25FO5.C21H21FO4/c1-15(2)5-11-18-20(29-14-27-3)13-21(28-4)22(23(18)26)19(25)12-8-16-6-9-17(24)10-7-16;1-13(2)4-10-16-18(24)12-19(26-3)20(21(16)25)17(23)11-7-14-5-8-15(22)9-6-14/h5-10,12-13,26H,11,14H2,1-4H3;4-9,11-12,24-25H,10H2,1-3H3/b12-8+;11-7+. The van der Waals surface area contributed by atoms with Gasteiger partial charge in [0.15, 0.2) is 18.4 Å². The number of phenolic OH excluding ortho intramolecular Hbond substituents is 3. The van der Waals surface area contributed by atoms with Gasteiger partial charge in [0.25, 0.3) is 0 Å². The number of hydrogen-bond acceptors (Lipinski definition) is 9. The fraction of sp³-hybridized carbons (Fsp3) is 0.227. The van der Waals surface area contributed by atoms with Gasteiger partial charge in [-0.3, -0.25) is 9.59 Å². The van der Waals surface area contributed by atoms with Crippen molar-refractivity contribution in [2.24, 2.45) is 0 Å². The molecule has 0 bridgehead atoms. The second kappa shape index (κ2) is 20.9. The van der Waals surface area contributed by atoms with E-state index in [1.54, 1.807) is 24.3 Å².